The fourth-order valence-electron chi connectivity index (χ4n) is 1.06. The van der Waals surface area contributed by atoms with Gasteiger partial charge in [0.15, 0.2) is 0 Å². The summed E-state index contributed by atoms with van der Waals surface area (Å²) in [6.07, 6.45) is -1.78. The van der Waals surface area contributed by atoms with Gasteiger partial charge >= 0.3 is 6.18 Å². The first-order valence-corrected chi connectivity index (χ1v) is 3.50. The smallest absolute Gasteiger partial charge is 0.277 e. The van der Waals surface area contributed by atoms with Gasteiger partial charge in [0.25, 0.3) is 0 Å². The summed E-state index contributed by atoms with van der Waals surface area (Å²) in [5.41, 5.74) is -0.340. The lowest BCUT2D eigenvalue weighted by molar-refractivity contribution is -0.137. The molecule has 0 atom stereocenters. The van der Waals surface area contributed by atoms with Crippen LogP contribution in [0.25, 0.3) is 10.9 Å². The van der Waals surface area contributed by atoms with E-state index in [9.17, 15) is 13.2 Å². The summed E-state index contributed by atoms with van der Waals surface area (Å²) in [4.78, 5) is 0. The van der Waals surface area contributed by atoms with Crippen molar-refractivity contribution < 1.29 is 13.2 Å². The van der Waals surface area contributed by atoms with Crippen molar-refractivity contribution in [2.75, 3.05) is 0 Å². The van der Waals surface area contributed by atoms with Gasteiger partial charge in [0.2, 0.25) is 0 Å². The molecule has 13 heavy (non-hydrogen) atoms. The molecule has 0 aliphatic carbocycles. The minimum absolute atomic E-state index is 0.342. The Balaban J connectivity index is 2.61. The normalized spacial score (nSPS) is 12.2. The summed E-state index contributed by atoms with van der Waals surface area (Å²) in [6.45, 7) is 0. The van der Waals surface area contributed by atoms with Gasteiger partial charge in [-0.15, -0.1) is 0 Å². The molecule has 0 aliphatic heterocycles. The maximum atomic E-state index is 12.2. The molecule has 0 aliphatic rings. The van der Waals surface area contributed by atoms with E-state index in [4.69, 9.17) is 0 Å². The molecule has 0 fully saturated rings. The van der Waals surface area contributed by atoms with Crippen LogP contribution in [0.4, 0.5) is 13.2 Å². The minimum Gasteiger partial charge on any atom is -0.277 e. The highest BCUT2D eigenvalue weighted by molar-refractivity contribution is 5.77. The van der Waals surface area contributed by atoms with Gasteiger partial charge in [0.05, 0.1) is 11.1 Å². The summed E-state index contributed by atoms with van der Waals surface area (Å²) in [6, 6.07) is 3.36. The molecule has 0 bridgehead atoms. The van der Waals surface area contributed by atoms with Gasteiger partial charge in [-0.3, -0.25) is 5.10 Å². The highest BCUT2D eigenvalue weighted by Gasteiger charge is 2.30. The number of benzene rings is 1. The number of alkyl halides is 3. The van der Waals surface area contributed by atoms with Crippen LogP contribution in [0.1, 0.15) is 5.56 Å². The molecular weight excluding hydrogens is 181 g/mol. The fraction of sp³-hybridized carbons (Fsp3) is 0.125. The molecule has 0 saturated heterocycles. The number of nitrogens with one attached hydrogen (secondary N) is 1. The van der Waals surface area contributed by atoms with E-state index in [1.165, 1.54) is 6.07 Å². The monoisotopic (exact) mass is 185 g/mol. The van der Waals surface area contributed by atoms with E-state index in [0.29, 0.717) is 10.9 Å². The molecule has 0 amide bonds. The largest absolute Gasteiger partial charge is 0.416 e. The Morgan fingerprint density at radius 1 is 1.31 bits per heavy atom. The summed E-state index contributed by atoms with van der Waals surface area (Å²) in [7, 11) is 0. The SMILES string of the molecule is FC(F)(F)c1ccc2[c]n[nH]c2c1. The molecule has 2 rings (SSSR count). The summed E-state index contributed by atoms with van der Waals surface area (Å²) >= 11 is 0. The van der Waals surface area contributed by atoms with Gasteiger partial charge in [-0.1, -0.05) is 0 Å². The van der Waals surface area contributed by atoms with Crippen LogP contribution in [-0.4, -0.2) is 10.2 Å². The quantitative estimate of drug-likeness (QED) is 0.670. The topological polar surface area (TPSA) is 28.7 Å². The zero-order chi connectivity index (χ0) is 9.47. The molecule has 1 aromatic heterocycles. The Labute approximate surface area is 71.4 Å². The molecule has 67 valence electrons. The first-order chi connectivity index (χ1) is 6.07. The Morgan fingerprint density at radius 2 is 2.08 bits per heavy atom. The summed E-state index contributed by atoms with van der Waals surface area (Å²) in [5.74, 6) is 0. The lowest BCUT2D eigenvalue weighted by atomic mass is 10.1. The molecule has 5 heteroatoms. The second-order valence-corrected chi connectivity index (χ2v) is 2.59. The first kappa shape index (κ1) is 8.10. The van der Waals surface area contributed by atoms with Crippen molar-refractivity contribution in [3.63, 3.8) is 0 Å². The maximum Gasteiger partial charge on any atom is 0.416 e. The Hall–Kier alpha value is -1.52. The third-order valence-electron chi connectivity index (χ3n) is 1.70. The molecule has 2 aromatic rings. The maximum absolute atomic E-state index is 12.2. The standard InChI is InChI=1S/C8H4F3N2/c9-8(10,11)6-2-1-5-4-12-13-7(5)3-6/h1-3H,(H,12,13). The van der Waals surface area contributed by atoms with Crippen molar-refractivity contribution in [3.05, 3.63) is 30.0 Å². The molecule has 1 radical (unpaired) electrons. The molecule has 0 unspecified atom stereocenters. The number of H-pyrrole nitrogens is 1. The van der Waals surface area contributed by atoms with E-state index >= 15 is 0 Å². The van der Waals surface area contributed by atoms with E-state index in [1.807, 2.05) is 0 Å². The Morgan fingerprint density at radius 3 is 2.77 bits per heavy atom. The predicted octanol–water partition coefficient (Wildman–Crippen LogP) is 2.38. The van der Waals surface area contributed by atoms with Gasteiger partial charge in [-0.25, -0.2) is 0 Å². The van der Waals surface area contributed by atoms with E-state index in [2.05, 4.69) is 16.4 Å². The molecule has 1 N–H and O–H groups in total. The number of rotatable bonds is 0. The predicted molar refractivity (Wildman–Crippen MR) is 39.9 cm³/mol. The average molecular weight is 185 g/mol. The van der Waals surface area contributed by atoms with Crippen molar-refractivity contribution in [1.29, 1.82) is 0 Å². The number of aromatic amines is 1. The molecular formula is C8H4F3N2. The first-order valence-electron chi connectivity index (χ1n) is 3.50. The van der Waals surface area contributed by atoms with Crippen LogP contribution >= 0.6 is 0 Å². The highest BCUT2D eigenvalue weighted by atomic mass is 19.4. The van der Waals surface area contributed by atoms with Crippen molar-refractivity contribution >= 4 is 10.9 Å². The Kier molecular flexibility index (Phi) is 1.55. The van der Waals surface area contributed by atoms with Gasteiger partial charge in [0.1, 0.15) is 6.20 Å². The molecule has 0 spiro atoms. The summed E-state index contributed by atoms with van der Waals surface area (Å²) < 4.78 is 36.5. The second-order valence-electron chi connectivity index (χ2n) is 2.59. The average Bonchev–Trinajstić information content (AvgIpc) is 2.47. The van der Waals surface area contributed by atoms with Crippen LogP contribution in [0.2, 0.25) is 0 Å². The molecule has 1 aromatic carbocycles. The molecule has 1 heterocycles. The number of aromatic nitrogens is 2. The van der Waals surface area contributed by atoms with Crippen molar-refractivity contribution in [2.45, 2.75) is 6.18 Å². The third-order valence-corrected chi connectivity index (χ3v) is 1.70. The van der Waals surface area contributed by atoms with Crippen LogP contribution < -0.4 is 0 Å². The van der Waals surface area contributed by atoms with Gasteiger partial charge in [-0.2, -0.15) is 18.3 Å². The minimum atomic E-state index is -4.31. The van der Waals surface area contributed by atoms with Crippen molar-refractivity contribution in [3.8, 4) is 0 Å². The molecule has 0 saturated carbocycles. The van der Waals surface area contributed by atoms with E-state index in [0.717, 1.165) is 12.1 Å². The van der Waals surface area contributed by atoms with Crippen LogP contribution in [-0.2, 0) is 6.18 Å². The third kappa shape index (κ3) is 1.37. The number of fused-ring (bicyclic) bond motifs is 1. The van der Waals surface area contributed by atoms with Crippen LogP contribution in [0, 0.1) is 6.20 Å². The zero-order valence-electron chi connectivity index (χ0n) is 6.31. The molecule has 2 nitrogen and oxygen atoms in total. The van der Waals surface area contributed by atoms with Crippen LogP contribution in [0.15, 0.2) is 18.2 Å². The van der Waals surface area contributed by atoms with Crippen LogP contribution in [0.5, 0.6) is 0 Å². The van der Waals surface area contributed by atoms with E-state index in [1.54, 1.807) is 0 Å². The summed E-state index contributed by atoms with van der Waals surface area (Å²) in [5, 5.41) is 6.48. The van der Waals surface area contributed by atoms with Gasteiger partial charge in [0, 0.05) is 5.39 Å². The lowest BCUT2D eigenvalue weighted by Gasteiger charge is -2.05. The van der Waals surface area contributed by atoms with Gasteiger partial charge in [-0.05, 0) is 18.2 Å². The van der Waals surface area contributed by atoms with Gasteiger partial charge < -0.3 is 0 Å². The second kappa shape index (κ2) is 2.48. The van der Waals surface area contributed by atoms with E-state index < -0.39 is 11.7 Å². The van der Waals surface area contributed by atoms with E-state index in [-0.39, 0.29) is 0 Å². The van der Waals surface area contributed by atoms with Crippen LogP contribution in [0.3, 0.4) is 0 Å². The Bertz CT molecular complexity index is 430. The van der Waals surface area contributed by atoms with Crippen molar-refractivity contribution in [2.24, 2.45) is 0 Å². The lowest BCUT2D eigenvalue weighted by Crippen LogP contribution is -2.03. The van der Waals surface area contributed by atoms with Crippen molar-refractivity contribution in [1.82, 2.24) is 10.2 Å². The number of hydrogen-bond donors (Lipinski definition) is 1. The number of halogens is 3. The number of hydrogen-bond acceptors (Lipinski definition) is 1. The zero-order valence-corrected chi connectivity index (χ0v) is 6.31. The highest BCUT2D eigenvalue weighted by Crippen LogP contribution is 2.30. The fourth-order valence-corrected chi connectivity index (χ4v) is 1.06. The number of nitrogens with zero attached hydrogens (tertiary/aromatic N) is 1.